The third kappa shape index (κ3) is 3.34. The van der Waals surface area contributed by atoms with Crippen molar-refractivity contribution in [2.24, 2.45) is 0 Å². The molecule has 22 heavy (non-hydrogen) atoms. The normalized spacial score (nSPS) is 17.6. The molecule has 0 spiro atoms. The molecule has 116 valence electrons. The SMILES string of the molecule is CCSc1ccccc1C(=O)Nc1cnn([C@@H]2CCOC2)c1. The molecule has 1 aliphatic rings. The van der Waals surface area contributed by atoms with Crippen molar-refractivity contribution in [3.05, 3.63) is 42.2 Å². The summed E-state index contributed by atoms with van der Waals surface area (Å²) in [5.74, 6) is 0.836. The number of anilines is 1. The van der Waals surface area contributed by atoms with E-state index in [-0.39, 0.29) is 11.9 Å². The largest absolute Gasteiger partial charge is 0.379 e. The van der Waals surface area contributed by atoms with Gasteiger partial charge in [0.05, 0.1) is 30.1 Å². The van der Waals surface area contributed by atoms with Gasteiger partial charge in [0, 0.05) is 17.7 Å². The first-order valence-electron chi connectivity index (χ1n) is 7.43. The zero-order valence-corrected chi connectivity index (χ0v) is 13.3. The van der Waals surface area contributed by atoms with E-state index in [9.17, 15) is 4.79 Å². The molecule has 1 aliphatic heterocycles. The third-order valence-electron chi connectivity index (χ3n) is 3.57. The van der Waals surface area contributed by atoms with E-state index in [2.05, 4.69) is 17.3 Å². The van der Waals surface area contributed by atoms with E-state index >= 15 is 0 Å². The van der Waals surface area contributed by atoms with Gasteiger partial charge in [-0.1, -0.05) is 19.1 Å². The van der Waals surface area contributed by atoms with Crippen molar-refractivity contribution in [3.63, 3.8) is 0 Å². The number of hydrogen-bond donors (Lipinski definition) is 1. The lowest BCUT2D eigenvalue weighted by molar-refractivity contribution is 0.102. The Balaban J connectivity index is 1.71. The van der Waals surface area contributed by atoms with Crippen molar-refractivity contribution < 1.29 is 9.53 Å². The van der Waals surface area contributed by atoms with Gasteiger partial charge in [0.25, 0.3) is 5.91 Å². The second-order valence-electron chi connectivity index (χ2n) is 5.11. The molecule has 1 amide bonds. The molecule has 3 rings (SSSR count). The van der Waals surface area contributed by atoms with E-state index in [1.54, 1.807) is 18.0 Å². The molecule has 5 nitrogen and oxygen atoms in total. The van der Waals surface area contributed by atoms with Gasteiger partial charge >= 0.3 is 0 Å². The van der Waals surface area contributed by atoms with Crippen LogP contribution in [0.4, 0.5) is 5.69 Å². The second kappa shape index (κ2) is 6.98. The minimum Gasteiger partial charge on any atom is -0.379 e. The summed E-state index contributed by atoms with van der Waals surface area (Å²) >= 11 is 1.67. The Morgan fingerprint density at radius 2 is 2.36 bits per heavy atom. The van der Waals surface area contributed by atoms with Crippen LogP contribution in [0.25, 0.3) is 0 Å². The van der Waals surface area contributed by atoms with Crippen LogP contribution in [0.3, 0.4) is 0 Å². The van der Waals surface area contributed by atoms with Gasteiger partial charge in [0.1, 0.15) is 0 Å². The number of carbonyl (C=O) groups is 1. The Kier molecular flexibility index (Phi) is 4.80. The Hall–Kier alpha value is -1.79. The van der Waals surface area contributed by atoms with Crippen molar-refractivity contribution in [2.45, 2.75) is 24.3 Å². The number of carbonyl (C=O) groups excluding carboxylic acids is 1. The van der Waals surface area contributed by atoms with E-state index in [1.165, 1.54) is 0 Å². The van der Waals surface area contributed by atoms with Gasteiger partial charge in [0.15, 0.2) is 0 Å². The summed E-state index contributed by atoms with van der Waals surface area (Å²) in [5, 5.41) is 7.24. The first-order chi connectivity index (χ1) is 10.8. The maximum atomic E-state index is 12.5. The van der Waals surface area contributed by atoms with Crippen molar-refractivity contribution in [1.29, 1.82) is 0 Å². The predicted octanol–water partition coefficient (Wildman–Crippen LogP) is 3.21. The number of nitrogens with one attached hydrogen (secondary N) is 1. The summed E-state index contributed by atoms with van der Waals surface area (Å²) in [5.41, 5.74) is 1.42. The molecule has 0 aliphatic carbocycles. The Bertz CT molecular complexity index is 650. The minimum absolute atomic E-state index is 0.0984. The maximum absolute atomic E-state index is 12.5. The first-order valence-corrected chi connectivity index (χ1v) is 8.41. The standard InChI is InChI=1S/C16H19N3O2S/c1-2-22-15-6-4-3-5-14(15)16(20)18-12-9-17-19(10-12)13-7-8-21-11-13/h3-6,9-10,13H,2,7-8,11H2,1H3,(H,18,20)/t13-/m1/s1. The molecule has 1 aromatic heterocycles. The minimum atomic E-state index is -0.0984. The van der Waals surface area contributed by atoms with E-state index in [0.717, 1.165) is 23.7 Å². The molecule has 0 unspecified atom stereocenters. The molecule has 1 fully saturated rings. The molecule has 0 radical (unpaired) electrons. The van der Waals surface area contributed by atoms with Crippen LogP contribution < -0.4 is 5.32 Å². The number of amides is 1. The zero-order chi connectivity index (χ0) is 15.4. The zero-order valence-electron chi connectivity index (χ0n) is 12.5. The van der Waals surface area contributed by atoms with Gasteiger partial charge in [-0.15, -0.1) is 11.8 Å². The molecule has 1 saturated heterocycles. The number of thioether (sulfide) groups is 1. The van der Waals surface area contributed by atoms with Crippen LogP contribution in [-0.2, 0) is 4.74 Å². The quantitative estimate of drug-likeness (QED) is 0.860. The summed E-state index contributed by atoms with van der Waals surface area (Å²) < 4.78 is 7.23. The molecule has 0 bridgehead atoms. The highest BCUT2D eigenvalue weighted by molar-refractivity contribution is 7.99. The van der Waals surface area contributed by atoms with Crippen molar-refractivity contribution in [3.8, 4) is 0 Å². The molecule has 6 heteroatoms. The second-order valence-corrected chi connectivity index (χ2v) is 6.42. The highest BCUT2D eigenvalue weighted by Crippen LogP contribution is 2.24. The van der Waals surface area contributed by atoms with Gasteiger partial charge in [0.2, 0.25) is 0 Å². The van der Waals surface area contributed by atoms with Gasteiger partial charge in [-0.3, -0.25) is 9.48 Å². The van der Waals surface area contributed by atoms with Crippen molar-refractivity contribution in [1.82, 2.24) is 9.78 Å². The fourth-order valence-electron chi connectivity index (χ4n) is 2.47. The van der Waals surface area contributed by atoms with E-state index in [0.29, 0.717) is 17.9 Å². The summed E-state index contributed by atoms with van der Waals surface area (Å²) in [4.78, 5) is 13.5. The fourth-order valence-corrected chi connectivity index (χ4v) is 3.27. The maximum Gasteiger partial charge on any atom is 0.256 e. The van der Waals surface area contributed by atoms with Gasteiger partial charge in [-0.2, -0.15) is 5.10 Å². The summed E-state index contributed by atoms with van der Waals surface area (Å²) in [7, 11) is 0. The molecule has 1 atom stereocenters. The number of rotatable bonds is 5. The lowest BCUT2D eigenvalue weighted by atomic mass is 10.2. The molecular weight excluding hydrogens is 298 g/mol. The van der Waals surface area contributed by atoms with Gasteiger partial charge in [-0.25, -0.2) is 0 Å². The van der Waals surface area contributed by atoms with Gasteiger partial charge in [-0.05, 0) is 24.3 Å². The monoisotopic (exact) mass is 317 g/mol. The summed E-state index contributed by atoms with van der Waals surface area (Å²) in [6, 6.07) is 7.93. The van der Waals surface area contributed by atoms with Crippen LogP contribution >= 0.6 is 11.8 Å². The number of hydrogen-bond acceptors (Lipinski definition) is 4. The Labute approximate surface area is 134 Å². The molecule has 2 aromatic rings. The third-order valence-corrected chi connectivity index (χ3v) is 4.53. The lowest BCUT2D eigenvalue weighted by Gasteiger charge is -2.08. The van der Waals surface area contributed by atoms with Crippen molar-refractivity contribution in [2.75, 3.05) is 24.3 Å². The predicted molar refractivity (Wildman–Crippen MR) is 87.5 cm³/mol. The van der Waals surface area contributed by atoms with Crippen LogP contribution in [0.1, 0.15) is 29.7 Å². The van der Waals surface area contributed by atoms with Crippen LogP contribution in [0.15, 0.2) is 41.6 Å². The molecule has 2 heterocycles. The van der Waals surface area contributed by atoms with Crippen LogP contribution in [0.5, 0.6) is 0 Å². The van der Waals surface area contributed by atoms with Crippen LogP contribution in [-0.4, -0.2) is 34.7 Å². The summed E-state index contributed by atoms with van der Waals surface area (Å²) in [6.45, 7) is 3.53. The highest BCUT2D eigenvalue weighted by atomic mass is 32.2. The smallest absolute Gasteiger partial charge is 0.256 e. The topological polar surface area (TPSA) is 56.2 Å². The Morgan fingerprint density at radius 1 is 1.50 bits per heavy atom. The number of ether oxygens (including phenoxy) is 1. The average Bonchev–Trinajstić information content (AvgIpc) is 3.19. The molecule has 1 aromatic carbocycles. The lowest BCUT2D eigenvalue weighted by Crippen LogP contribution is -2.13. The Morgan fingerprint density at radius 3 is 3.14 bits per heavy atom. The van der Waals surface area contributed by atoms with Crippen LogP contribution in [0.2, 0.25) is 0 Å². The van der Waals surface area contributed by atoms with Crippen LogP contribution in [0, 0.1) is 0 Å². The highest BCUT2D eigenvalue weighted by Gasteiger charge is 2.19. The van der Waals surface area contributed by atoms with Crippen molar-refractivity contribution >= 4 is 23.4 Å². The number of nitrogens with zero attached hydrogens (tertiary/aromatic N) is 2. The van der Waals surface area contributed by atoms with E-state index < -0.39 is 0 Å². The van der Waals surface area contributed by atoms with Gasteiger partial charge < -0.3 is 10.1 Å². The molecular formula is C16H19N3O2S. The van der Waals surface area contributed by atoms with E-state index in [4.69, 9.17) is 4.74 Å². The molecule has 1 N–H and O–H groups in total. The first kappa shape index (κ1) is 15.1. The average molecular weight is 317 g/mol. The number of benzene rings is 1. The molecule has 0 saturated carbocycles. The number of aromatic nitrogens is 2. The fraction of sp³-hybridized carbons (Fsp3) is 0.375. The summed E-state index contributed by atoms with van der Waals surface area (Å²) in [6.07, 6.45) is 4.52. The van der Waals surface area contributed by atoms with E-state index in [1.807, 2.05) is 35.1 Å².